The quantitative estimate of drug-likeness (QED) is 0.162. The van der Waals surface area contributed by atoms with Crippen molar-refractivity contribution in [2.75, 3.05) is 0 Å². The molecule has 0 fully saturated rings. The lowest BCUT2D eigenvalue weighted by Crippen LogP contribution is -2.10. The number of rotatable bonds is 11. The van der Waals surface area contributed by atoms with Crippen molar-refractivity contribution in [1.82, 2.24) is 0 Å². The summed E-state index contributed by atoms with van der Waals surface area (Å²) in [4.78, 5) is 83.6. The summed E-state index contributed by atoms with van der Waals surface area (Å²) < 4.78 is 48.2. The molecule has 0 unspecified atom stereocenters. The van der Waals surface area contributed by atoms with Gasteiger partial charge in [-0.3, -0.25) is 33.6 Å². The van der Waals surface area contributed by atoms with Gasteiger partial charge in [0, 0.05) is 78.8 Å². The van der Waals surface area contributed by atoms with Crippen LogP contribution in [-0.2, 0) is 33.6 Å². The van der Waals surface area contributed by atoms with Crippen LogP contribution in [0.3, 0.4) is 0 Å². The molecule has 3 aromatic rings. The van der Waals surface area contributed by atoms with Crippen LogP contribution < -0.4 is 42.6 Å². The highest BCUT2D eigenvalue weighted by atomic mass is 35.5. The van der Waals surface area contributed by atoms with Crippen molar-refractivity contribution in [2.45, 2.75) is 48.5 Å². The Hall–Kier alpha value is -5.87. The van der Waals surface area contributed by atoms with Gasteiger partial charge in [-0.25, -0.2) is 0 Å². The normalized spacial score (nSPS) is 10.3. The molecule has 3 aromatic carbocycles. The van der Waals surface area contributed by atoms with E-state index in [0.29, 0.717) is 0 Å². The molecule has 0 bridgehead atoms. The van der Waals surface area contributed by atoms with Gasteiger partial charge in [-0.05, 0) is 0 Å². The standard InChI is InChI=1S/C32H26Cl2O16/c1-13(35)42-22-8-20(9-23(28(22)33)43-14(2)36)49-30-25(45-16(4)38)10-21(11-26(30)46-17(5)39)50-31-27(47-18(6)40)12-24(44-15(3)37)29(34)32(31)48-19(7)41/h8-12H,1-7H3. The summed E-state index contributed by atoms with van der Waals surface area (Å²) in [6.07, 6.45) is 0. The molecule has 0 N–H and O–H groups in total. The number of hydrogen-bond acceptors (Lipinski definition) is 16. The van der Waals surface area contributed by atoms with Crippen molar-refractivity contribution in [1.29, 1.82) is 0 Å². The van der Waals surface area contributed by atoms with Crippen LogP contribution in [0.1, 0.15) is 48.5 Å². The highest BCUT2D eigenvalue weighted by molar-refractivity contribution is 6.34. The van der Waals surface area contributed by atoms with Gasteiger partial charge in [-0.2, -0.15) is 0 Å². The average molecular weight is 737 g/mol. The fourth-order valence-electron chi connectivity index (χ4n) is 3.84. The Morgan fingerprint density at radius 3 is 1.00 bits per heavy atom. The molecule has 18 heteroatoms. The summed E-state index contributed by atoms with van der Waals surface area (Å²) in [6.45, 7) is 7.36. The molecule has 0 saturated heterocycles. The lowest BCUT2D eigenvalue weighted by Gasteiger charge is -2.20. The minimum Gasteiger partial charge on any atom is -0.449 e. The molecule has 0 heterocycles. The highest BCUT2D eigenvalue weighted by Crippen LogP contribution is 2.52. The van der Waals surface area contributed by atoms with Crippen LogP contribution in [0.25, 0.3) is 0 Å². The van der Waals surface area contributed by atoms with Gasteiger partial charge in [0.1, 0.15) is 21.5 Å². The Balaban J connectivity index is 2.31. The van der Waals surface area contributed by atoms with Crippen LogP contribution in [0.2, 0.25) is 10.0 Å². The molecule has 0 spiro atoms. The van der Waals surface area contributed by atoms with Gasteiger partial charge in [0.15, 0.2) is 40.2 Å². The van der Waals surface area contributed by atoms with Crippen LogP contribution in [0, 0.1) is 0 Å². The SMILES string of the molecule is CC(=O)Oc1cc(Oc2c(OC(C)=O)cc(Oc3c(OC(C)=O)cc(OC(C)=O)c(Cl)c3OC(C)=O)cc2OC(C)=O)cc(OC(C)=O)c1Cl. The molecule has 16 nitrogen and oxygen atoms in total. The molecule has 0 aliphatic rings. The van der Waals surface area contributed by atoms with Gasteiger partial charge in [0.2, 0.25) is 11.5 Å². The Morgan fingerprint density at radius 1 is 0.360 bits per heavy atom. The van der Waals surface area contributed by atoms with Gasteiger partial charge in [0.05, 0.1) is 0 Å². The Kier molecular flexibility index (Phi) is 12.7. The molecule has 50 heavy (non-hydrogen) atoms. The Bertz CT molecular complexity index is 1840. The summed E-state index contributed by atoms with van der Waals surface area (Å²) in [7, 11) is 0. The van der Waals surface area contributed by atoms with E-state index >= 15 is 0 Å². The number of benzene rings is 3. The molecule has 0 aliphatic heterocycles. The minimum atomic E-state index is -0.917. The molecule has 0 saturated carbocycles. The Morgan fingerprint density at radius 2 is 0.640 bits per heavy atom. The maximum atomic E-state index is 12.2. The van der Waals surface area contributed by atoms with E-state index < -0.39 is 81.3 Å². The maximum Gasteiger partial charge on any atom is 0.308 e. The first-order chi connectivity index (χ1) is 23.3. The number of hydrogen-bond donors (Lipinski definition) is 0. The smallest absolute Gasteiger partial charge is 0.308 e. The van der Waals surface area contributed by atoms with Crippen molar-refractivity contribution in [3.8, 4) is 63.2 Å². The van der Waals surface area contributed by atoms with E-state index in [2.05, 4.69) is 0 Å². The lowest BCUT2D eigenvalue weighted by molar-refractivity contribution is -0.133. The second-order valence-electron chi connectivity index (χ2n) is 9.69. The van der Waals surface area contributed by atoms with E-state index in [0.717, 1.165) is 78.8 Å². The number of esters is 7. The van der Waals surface area contributed by atoms with E-state index in [9.17, 15) is 33.6 Å². The van der Waals surface area contributed by atoms with Crippen molar-refractivity contribution >= 4 is 65.0 Å². The highest BCUT2D eigenvalue weighted by Gasteiger charge is 2.28. The second kappa shape index (κ2) is 16.5. The van der Waals surface area contributed by atoms with E-state index in [4.69, 9.17) is 65.8 Å². The van der Waals surface area contributed by atoms with Crippen LogP contribution in [0.5, 0.6) is 63.2 Å². The van der Waals surface area contributed by atoms with Gasteiger partial charge in [0.25, 0.3) is 0 Å². The summed E-state index contributed by atoms with van der Waals surface area (Å²) in [6, 6.07) is 5.37. The first-order valence-electron chi connectivity index (χ1n) is 13.9. The zero-order chi connectivity index (χ0) is 37.4. The number of carbonyl (C=O) groups excluding carboxylic acids is 7. The monoisotopic (exact) mass is 736 g/mol. The molecular weight excluding hydrogens is 711 g/mol. The first kappa shape index (κ1) is 38.6. The molecule has 0 amide bonds. The van der Waals surface area contributed by atoms with Gasteiger partial charge in [-0.15, -0.1) is 0 Å². The molecule has 0 aliphatic carbocycles. The van der Waals surface area contributed by atoms with Crippen molar-refractivity contribution in [2.24, 2.45) is 0 Å². The third-order valence-electron chi connectivity index (χ3n) is 5.29. The fraction of sp³-hybridized carbons (Fsp3) is 0.219. The van der Waals surface area contributed by atoms with E-state index in [1.165, 1.54) is 0 Å². The molecule has 0 aromatic heterocycles. The summed E-state index contributed by atoms with van der Waals surface area (Å²) in [5.41, 5.74) is 0. The zero-order valence-electron chi connectivity index (χ0n) is 27.2. The first-order valence-corrected chi connectivity index (χ1v) is 14.6. The van der Waals surface area contributed by atoms with Crippen LogP contribution in [0.15, 0.2) is 30.3 Å². The van der Waals surface area contributed by atoms with E-state index in [1.54, 1.807) is 0 Å². The van der Waals surface area contributed by atoms with Gasteiger partial charge >= 0.3 is 41.8 Å². The molecular formula is C32H26Cl2O16. The molecule has 0 atom stereocenters. The molecule has 0 radical (unpaired) electrons. The third-order valence-corrected chi connectivity index (χ3v) is 6.02. The maximum absolute atomic E-state index is 12.2. The predicted molar refractivity (Wildman–Crippen MR) is 169 cm³/mol. The van der Waals surface area contributed by atoms with Gasteiger partial charge in [-0.1, -0.05) is 23.2 Å². The molecule has 264 valence electrons. The van der Waals surface area contributed by atoms with Crippen molar-refractivity contribution in [3.63, 3.8) is 0 Å². The van der Waals surface area contributed by atoms with Crippen LogP contribution in [0.4, 0.5) is 0 Å². The minimum absolute atomic E-state index is 0.223. The average Bonchev–Trinajstić information content (AvgIpc) is 2.95. The topological polar surface area (TPSA) is 203 Å². The number of carbonyl (C=O) groups is 7. The largest absolute Gasteiger partial charge is 0.449 e. The van der Waals surface area contributed by atoms with Crippen LogP contribution >= 0.6 is 23.2 Å². The third kappa shape index (κ3) is 10.6. The summed E-state index contributed by atoms with van der Waals surface area (Å²) in [5.74, 6) is -10.3. The summed E-state index contributed by atoms with van der Waals surface area (Å²) in [5, 5.41) is -0.714. The molecule has 3 rings (SSSR count). The Labute approximate surface area is 292 Å². The lowest BCUT2D eigenvalue weighted by atomic mass is 10.2. The van der Waals surface area contributed by atoms with Crippen molar-refractivity contribution < 1.29 is 76.2 Å². The predicted octanol–water partition coefficient (Wildman–Crippen LogP) is 6.06. The second-order valence-corrected chi connectivity index (χ2v) is 10.4. The zero-order valence-corrected chi connectivity index (χ0v) is 28.7. The van der Waals surface area contributed by atoms with E-state index in [-0.39, 0.29) is 33.8 Å². The number of halogens is 2. The number of ether oxygens (including phenoxy) is 9. The fourth-order valence-corrected chi connectivity index (χ4v) is 4.24. The van der Waals surface area contributed by atoms with Crippen molar-refractivity contribution in [3.05, 3.63) is 40.4 Å². The summed E-state index contributed by atoms with van der Waals surface area (Å²) >= 11 is 12.6. The van der Waals surface area contributed by atoms with Gasteiger partial charge < -0.3 is 42.6 Å². The van der Waals surface area contributed by atoms with Crippen LogP contribution in [-0.4, -0.2) is 41.8 Å². The van der Waals surface area contributed by atoms with E-state index in [1.807, 2.05) is 0 Å².